The normalized spacial score (nSPS) is 12.6. The summed E-state index contributed by atoms with van der Waals surface area (Å²) in [5.41, 5.74) is 16.5. The van der Waals surface area contributed by atoms with E-state index in [0.29, 0.717) is 12.8 Å². The Morgan fingerprint density at radius 2 is 0.887 bits per heavy atom. The zero-order valence-corrected chi connectivity index (χ0v) is 29.7. The van der Waals surface area contributed by atoms with Crippen molar-refractivity contribution >= 4 is 24.0 Å². The number of rotatable bonds is 21. The lowest BCUT2D eigenvalue weighted by Gasteiger charge is -2.36. The maximum Gasteiger partial charge on any atom is 0.407 e. The third kappa shape index (κ3) is 15.7. The summed E-state index contributed by atoms with van der Waals surface area (Å²) >= 11 is 0. The molecule has 280 valence electrons. The van der Waals surface area contributed by atoms with Crippen molar-refractivity contribution in [1.82, 2.24) is 10.2 Å². The van der Waals surface area contributed by atoms with Gasteiger partial charge in [-0.3, -0.25) is 19.3 Å². The zero-order valence-electron chi connectivity index (χ0n) is 29.7. The number of benzene rings is 4. The maximum absolute atomic E-state index is 13.0. The van der Waals surface area contributed by atoms with E-state index in [4.69, 9.17) is 30.4 Å². The van der Waals surface area contributed by atoms with Gasteiger partial charge in [-0.1, -0.05) is 121 Å². The van der Waals surface area contributed by atoms with E-state index >= 15 is 0 Å². The van der Waals surface area contributed by atoms with Crippen LogP contribution in [0.1, 0.15) is 54.4 Å². The van der Waals surface area contributed by atoms with Gasteiger partial charge in [-0.2, -0.15) is 0 Å². The van der Waals surface area contributed by atoms with Gasteiger partial charge in [0.05, 0.1) is 25.2 Å². The van der Waals surface area contributed by atoms with E-state index in [1.54, 1.807) is 4.90 Å². The van der Waals surface area contributed by atoms with Gasteiger partial charge in [-0.25, -0.2) is 4.79 Å². The lowest BCUT2D eigenvalue weighted by atomic mass is 10.1. The number of ether oxygens (including phenoxy) is 4. The van der Waals surface area contributed by atoms with Crippen molar-refractivity contribution in [2.45, 2.75) is 76.9 Å². The van der Waals surface area contributed by atoms with Crippen LogP contribution in [-0.2, 0) is 59.8 Å². The predicted octanol–water partition coefficient (Wildman–Crippen LogP) is 5.33. The number of nitrogens with two attached hydrogens (primary N) is 2. The minimum atomic E-state index is -1.00. The number of carbonyl (C=O) groups is 4. The molecule has 0 aliphatic rings. The number of hydrogen-bond acceptors (Lipinski definition) is 11. The average molecular weight is 725 g/mol. The molecule has 0 radical (unpaired) electrons. The number of hydrogen-bond donors (Lipinski definition) is 3. The second-order valence-corrected chi connectivity index (χ2v) is 12.5. The second-order valence-electron chi connectivity index (χ2n) is 12.5. The third-order valence-electron chi connectivity index (χ3n) is 8.23. The maximum atomic E-state index is 13.0. The quantitative estimate of drug-likeness (QED) is 0.0576. The van der Waals surface area contributed by atoms with Crippen LogP contribution in [0.5, 0.6) is 0 Å². The molecule has 4 rings (SSSR count). The molecule has 0 aliphatic carbocycles. The average Bonchev–Trinajstić information content (AvgIpc) is 3.18. The summed E-state index contributed by atoms with van der Waals surface area (Å²) in [5, 5.41) is 2.86. The van der Waals surface area contributed by atoms with Gasteiger partial charge in [0.2, 0.25) is 0 Å². The number of esters is 3. The fourth-order valence-corrected chi connectivity index (χ4v) is 5.38. The van der Waals surface area contributed by atoms with Crippen molar-refractivity contribution < 1.29 is 38.1 Å². The summed E-state index contributed by atoms with van der Waals surface area (Å²) < 4.78 is 21.8. The van der Waals surface area contributed by atoms with Crippen molar-refractivity contribution in [3.63, 3.8) is 0 Å². The molecule has 53 heavy (non-hydrogen) atoms. The number of alkyl carbamates (subject to hydrolysis) is 1. The van der Waals surface area contributed by atoms with Crippen LogP contribution in [0.4, 0.5) is 4.79 Å². The molecule has 0 aliphatic heterocycles. The van der Waals surface area contributed by atoms with Gasteiger partial charge >= 0.3 is 24.0 Å². The van der Waals surface area contributed by atoms with Gasteiger partial charge in [-0.05, 0) is 35.1 Å². The molecule has 0 bridgehead atoms. The van der Waals surface area contributed by atoms with Crippen LogP contribution in [0.3, 0.4) is 0 Å². The molecule has 3 atom stereocenters. The van der Waals surface area contributed by atoms with E-state index in [-0.39, 0.29) is 52.2 Å². The fraction of sp³-hybridized carbons (Fsp3) is 0.317. The highest BCUT2D eigenvalue weighted by atomic mass is 16.6. The van der Waals surface area contributed by atoms with Crippen molar-refractivity contribution in [3.8, 4) is 0 Å². The molecule has 0 saturated carbocycles. The molecular weight excluding hydrogens is 676 g/mol. The summed E-state index contributed by atoms with van der Waals surface area (Å²) in [4.78, 5) is 53.1. The van der Waals surface area contributed by atoms with E-state index in [2.05, 4.69) is 5.32 Å². The van der Waals surface area contributed by atoms with Crippen molar-refractivity contribution in [1.29, 1.82) is 0 Å². The molecule has 4 aromatic rings. The van der Waals surface area contributed by atoms with Crippen LogP contribution < -0.4 is 16.8 Å². The molecule has 0 fully saturated rings. The topological polar surface area (TPSA) is 173 Å². The molecule has 5 N–H and O–H groups in total. The molecule has 1 amide bonds. The van der Waals surface area contributed by atoms with E-state index in [1.165, 1.54) is 0 Å². The molecule has 0 spiro atoms. The van der Waals surface area contributed by atoms with Crippen LogP contribution in [0.2, 0.25) is 0 Å². The minimum Gasteiger partial charge on any atom is -0.461 e. The fourth-order valence-electron chi connectivity index (χ4n) is 5.38. The molecule has 3 unspecified atom stereocenters. The lowest BCUT2D eigenvalue weighted by molar-refractivity contribution is -0.148. The first-order valence-electron chi connectivity index (χ1n) is 17.6. The van der Waals surface area contributed by atoms with Crippen molar-refractivity contribution in [3.05, 3.63) is 144 Å². The van der Waals surface area contributed by atoms with E-state index in [1.807, 2.05) is 121 Å². The first-order chi connectivity index (χ1) is 25.7. The predicted molar refractivity (Wildman–Crippen MR) is 198 cm³/mol. The smallest absolute Gasteiger partial charge is 0.407 e. The Kier molecular flexibility index (Phi) is 17.0. The van der Waals surface area contributed by atoms with E-state index < -0.39 is 42.4 Å². The minimum absolute atomic E-state index is 0.0137. The van der Waals surface area contributed by atoms with Crippen molar-refractivity contribution in [2.24, 2.45) is 11.5 Å². The Labute approximate surface area is 310 Å². The third-order valence-corrected chi connectivity index (χ3v) is 8.23. The summed E-state index contributed by atoms with van der Waals surface area (Å²) in [7, 11) is 0. The molecule has 4 aromatic carbocycles. The zero-order chi connectivity index (χ0) is 37.7. The molecule has 12 nitrogen and oxygen atoms in total. The standard InChI is InChI=1S/C41H48N4O8/c42-36(24-39(47)51-28-32-16-7-2-8-17-32)45(37(43)25-40(48)52-29-33-18-9-3-10-19-33)26-35(44-41(49)53-30-34-20-11-4-12-21-34)22-13-23-38(46)50-27-31-14-5-1-6-15-31/h1-12,14-21,35-37H,13,22-30,42-43H2,(H,44,49). The summed E-state index contributed by atoms with van der Waals surface area (Å²) in [5.74, 6) is -1.54. The number of amides is 1. The Morgan fingerprint density at radius 1 is 0.528 bits per heavy atom. The SMILES string of the molecule is NC(CC(=O)OCc1ccccc1)N(CC(CCCC(=O)OCc1ccccc1)NC(=O)OCc1ccccc1)C(N)CC(=O)OCc1ccccc1. The van der Waals surface area contributed by atoms with Gasteiger partial charge in [0.15, 0.2) is 0 Å². The van der Waals surface area contributed by atoms with E-state index in [9.17, 15) is 19.2 Å². The van der Waals surface area contributed by atoms with E-state index in [0.717, 1.165) is 22.3 Å². The van der Waals surface area contributed by atoms with Crippen molar-refractivity contribution in [2.75, 3.05) is 6.54 Å². The number of nitrogens with zero attached hydrogens (tertiary/aromatic N) is 1. The van der Waals surface area contributed by atoms with Crippen LogP contribution in [-0.4, -0.2) is 53.8 Å². The monoisotopic (exact) mass is 724 g/mol. The number of nitrogens with one attached hydrogen (secondary N) is 1. The molecule has 0 saturated heterocycles. The molecule has 0 aromatic heterocycles. The molecule has 12 heteroatoms. The van der Waals surface area contributed by atoms with Gasteiger partial charge in [0.1, 0.15) is 26.4 Å². The second kappa shape index (κ2) is 22.4. The first-order valence-corrected chi connectivity index (χ1v) is 17.6. The first kappa shape index (κ1) is 40.2. The summed E-state index contributed by atoms with van der Waals surface area (Å²) in [6, 6.07) is 36.3. The van der Waals surface area contributed by atoms with Crippen LogP contribution in [0, 0.1) is 0 Å². The van der Waals surface area contributed by atoms with Gasteiger partial charge in [-0.15, -0.1) is 0 Å². The lowest BCUT2D eigenvalue weighted by Crippen LogP contribution is -2.58. The Bertz CT molecular complexity index is 1620. The Balaban J connectivity index is 1.43. The highest BCUT2D eigenvalue weighted by Gasteiger charge is 2.29. The Hall–Kier alpha value is -5.56. The van der Waals surface area contributed by atoms with Crippen LogP contribution in [0.15, 0.2) is 121 Å². The summed E-state index contributed by atoms with van der Waals surface area (Å²) in [6.07, 6.45) is -2.49. The van der Waals surface area contributed by atoms with Gasteiger partial charge in [0, 0.05) is 19.0 Å². The summed E-state index contributed by atoms with van der Waals surface area (Å²) in [6.45, 7) is 0.309. The van der Waals surface area contributed by atoms with Gasteiger partial charge < -0.3 is 35.7 Å². The van der Waals surface area contributed by atoms with Crippen LogP contribution in [0.25, 0.3) is 0 Å². The molecular formula is C41H48N4O8. The van der Waals surface area contributed by atoms with Gasteiger partial charge in [0.25, 0.3) is 0 Å². The number of carbonyl (C=O) groups excluding carboxylic acids is 4. The Morgan fingerprint density at radius 3 is 1.28 bits per heavy atom. The highest BCUT2D eigenvalue weighted by Crippen LogP contribution is 2.15. The molecule has 0 heterocycles. The van der Waals surface area contributed by atoms with Crippen LogP contribution >= 0.6 is 0 Å². The highest BCUT2D eigenvalue weighted by molar-refractivity contribution is 5.71. The largest absolute Gasteiger partial charge is 0.461 e.